The van der Waals surface area contributed by atoms with E-state index in [0.29, 0.717) is 43.7 Å². The predicted octanol–water partition coefficient (Wildman–Crippen LogP) is 10.2. The normalized spacial score (nSPS) is 16.2. The lowest BCUT2D eigenvalue weighted by molar-refractivity contribution is -0.0226. The third-order valence-electron chi connectivity index (χ3n) is 8.61. The Morgan fingerprint density at radius 1 is 0.884 bits per heavy atom. The topological polar surface area (TPSA) is 55.8 Å². The molecule has 2 aromatic carbocycles. The minimum absolute atomic E-state index is 0.119. The number of unbranched alkanes of at least 4 members (excludes halogenated alkanes) is 9. The Morgan fingerprint density at radius 2 is 1.49 bits per heavy atom. The van der Waals surface area contributed by atoms with E-state index in [1.165, 1.54) is 75.5 Å². The maximum Gasteiger partial charge on any atom is 0.410 e. The second kappa shape index (κ2) is 16.0. The quantitative estimate of drug-likeness (QED) is 0.200. The van der Waals surface area contributed by atoms with Crippen molar-refractivity contribution < 1.29 is 19.1 Å². The second-order valence-corrected chi connectivity index (χ2v) is 14.6. The van der Waals surface area contributed by atoms with Crippen molar-refractivity contribution in [2.45, 2.75) is 128 Å². The van der Waals surface area contributed by atoms with Crippen LogP contribution in [0.15, 0.2) is 42.5 Å². The van der Waals surface area contributed by atoms with Gasteiger partial charge in [0, 0.05) is 31.7 Å². The van der Waals surface area contributed by atoms with Crippen LogP contribution in [0.1, 0.15) is 127 Å². The number of carbonyl (C=O) groups is 2. The van der Waals surface area contributed by atoms with E-state index in [2.05, 4.69) is 37.3 Å². The van der Waals surface area contributed by atoms with Crippen molar-refractivity contribution in [3.05, 3.63) is 53.6 Å². The number of amides is 1. The van der Waals surface area contributed by atoms with Gasteiger partial charge in [0.05, 0.1) is 12.0 Å². The SMILES string of the molecule is CCCCCCCCCCCCSCc1ccc(-c2ccc3c(c2)C(=O)CC2(CCN(C(=O)OC(C)(C)C)CC2)O3)cc1. The molecule has 1 fully saturated rings. The maximum atomic E-state index is 13.3. The molecule has 0 saturated carbocycles. The van der Waals surface area contributed by atoms with Gasteiger partial charge in [0.2, 0.25) is 0 Å². The standard InChI is InChI=1S/C37H53NO4S/c1-5-6-7-8-9-10-11-12-13-14-25-43-28-29-15-17-30(18-16-29)31-19-20-34-32(26-31)33(39)27-37(41-34)21-23-38(24-22-37)35(40)42-36(2,3)4/h15-20,26H,5-14,21-25,27-28H2,1-4H3. The van der Waals surface area contributed by atoms with E-state index in [1.807, 2.05) is 44.7 Å². The highest BCUT2D eigenvalue weighted by molar-refractivity contribution is 7.98. The van der Waals surface area contributed by atoms with Gasteiger partial charge < -0.3 is 14.4 Å². The van der Waals surface area contributed by atoms with Gasteiger partial charge in [-0.05, 0) is 61.8 Å². The summed E-state index contributed by atoms with van der Waals surface area (Å²) in [5.41, 5.74) is 3.09. The van der Waals surface area contributed by atoms with E-state index in [4.69, 9.17) is 9.47 Å². The summed E-state index contributed by atoms with van der Waals surface area (Å²) < 4.78 is 12.0. The van der Waals surface area contributed by atoms with E-state index in [1.54, 1.807) is 4.90 Å². The van der Waals surface area contributed by atoms with Crippen LogP contribution in [0.4, 0.5) is 4.79 Å². The van der Waals surface area contributed by atoms with Crippen LogP contribution >= 0.6 is 11.8 Å². The van der Waals surface area contributed by atoms with Gasteiger partial charge in [0.25, 0.3) is 0 Å². The highest BCUT2D eigenvalue weighted by Crippen LogP contribution is 2.41. The fourth-order valence-electron chi connectivity index (χ4n) is 6.05. The minimum Gasteiger partial charge on any atom is -0.486 e. The molecule has 0 aliphatic carbocycles. The summed E-state index contributed by atoms with van der Waals surface area (Å²) in [4.78, 5) is 27.5. The van der Waals surface area contributed by atoms with E-state index in [9.17, 15) is 9.59 Å². The third kappa shape index (κ3) is 10.3. The molecule has 0 radical (unpaired) electrons. The third-order valence-corrected chi connectivity index (χ3v) is 9.73. The summed E-state index contributed by atoms with van der Waals surface area (Å²) in [6.07, 6.45) is 15.1. The molecule has 0 atom stereocenters. The number of hydrogen-bond acceptors (Lipinski definition) is 5. The van der Waals surface area contributed by atoms with Crippen molar-refractivity contribution in [2.24, 2.45) is 0 Å². The molecule has 6 heteroatoms. The molecule has 0 N–H and O–H groups in total. The molecule has 0 aromatic heterocycles. The molecule has 1 saturated heterocycles. The summed E-state index contributed by atoms with van der Waals surface area (Å²) in [6.45, 7) is 8.95. The van der Waals surface area contributed by atoms with Crippen molar-refractivity contribution >= 4 is 23.6 Å². The summed E-state index contributed by atoms with van der Waals surface area (Å²) in [5, 5.41) is 0. The Hall–Kier alpha value is -2.47. The number of thioether (sulfide) groups is 1. The van der Waals surface area contributed by atoms with Crippen LogP contribution in [-0.2, 0) is 10.5 Å². The molecule has 1 amide bonds. The zero-order chi connectivity index (χ0) is 30.7. The van der Waals surface area contributed by atoms with E-state index in [0.717, 1.165) is 16.9 Å². The molecule has 2 aliphatic rings. The number of Topliss-reactive ketones (excluding diaryl/α,β-unsaturated/α-hetero) is 1. The number of nitrogens with zero attached hydrogens (tertiary/aromatic N) is 1. The lowest BCUT2D eigenvalue weighted by Crippen LogP contribution is -2.52. The Morgan fingerprint density at radius 3 is 2.12 bits per heavy atom. The molecular formula is C37H53NO4S. The molecule has 5 nitrogen and oxygen atoms in total. The summed E-state index contributed by atoms with van der Waals surface area (Å²) in [7, 11) is 0. The average Bonchev–Trinajstić information content (AvgIpc) is 2.97. The van der Waals surface area contributed by atoms with Crippen LogP contribution in [-0.4, -0.2) is 46.8 Å². The van der Waals surface area contributed by atoms with Gasteiger partial charge in [0.1, 0.15) is 17.0 Å². The molecule has 4 rings (SSSR count). The number of ether oxygens (including phenoxy) is 2. The van der Waals surface area contributed by atoms with Crippen LogP contribution in [0.5, 0.6) is 5.75 Å². The molecule has 2 aliphatic heterocycles. The number of rotatable bonds is 14. The number of benzene rings is 2. The molecule has 2 aromatic rings. The van der Waals surface area contributed by atoms with Gasteiger partial charge in [-0.15, -0.1) is 0 Å². The molecule has 0 unspecified atom stereocenters. The fraction of sp³-hybridized carbons (Fsp3) is 0.622. The van der Waals surface area contributed by atoms with Crippen LogP contribution in [0, 0.1) is 0 Å². The van der Waals surface area contributed by atoms with Crippen molar-refractivity contribution in [2.75, 3.05) is 18.8 Å². The molecule has 43 heavy (non-hydrogen) atoms. The molecular weight excluding hydrogens is 554 g/mol. The smallest absolute Gasteiger partial charge is 0.410 e. The van der Waals surface area contributed by atoms with Crippen LogP contribution in [0.3, 0.4) is 0 Å². The first kappa shape index (κ1) is 33.4. The zero-order valence-electron chi connectivity index (χ0n) is 27.1. The second-order valence-electron chi connectivity index (χ2n) is 13.5. The molecule has 2 heterocycles. The molecule has 236 valence electrons. The number of hydrogen-bond donors (Lipinski definition) is 0. The Balaban J connectivity index is 1.20. The molecule has 0 bridgehead atoms. The van der Waals surface area contributed by atoms with Crippen molar-refractivity contribution in [3.8, 4) is 16.9 Å². The van der Waals surface area contributed by atoms with Gasteiger partial charge in [-0.1, -0.05) is 95.0 Å². The van der Waals surface area contributed by atoms with E-state index < -0.39 is 11.2 Å². The summed E-state index contributed by atoms with van der Waals surface area (Å²) >= 11 is 2.03. The van der Waals surface area contributed by atoms with Crippen molar-refractivity contribution in [3.63, 3.8) is 0 Å². The highest BCUT2D eigenvalue weighted by atomic mass is 32.2. The minimum atomic E-state index is -0.544. The highest BCUT2D eigenvalue weighted by Gasteiger charge is 2.44. The van der Waals surface area contributed by atoms with E-state index >= 15 is 0 Å². The number of ketones is 1. The lowest BCUT2D eigenvalue weighted by atomic mass is 9.82. The first-order chi connectivity index (χ1) is 20.7. The van der Waals surface area contributed by atoms with E-state index in [-0.39, 0.29) is 11.9 Å². The lowest BCUT2D eigenvalue weighted by Gasteiger charge is -2.44. The van der Waals surface area contributed by atoms with Gasteiger partial charge in [-0.2, -0.15) is 11.8 Å². The van der Waals surface area contributed by atoms with Crippen LogP contribution in [0.25, 0.3) is 11.1 Å². The van der Waals surface area contributed by atoms with Crippen molar-refractivity contribution in [1.82, 2.24) is 4.90 Å². The first-order valence-electron chi connectivity index (χ1n) is 16.7. The summed E-state index contributed by atoms with van der Waals surface area (Å²) in [6, 6.07) is 14.7. The first-order valence-corrected chi connectivity index (χ1v) is 17.8. The Bertz CT molecular complexity index is 1180. The van der Waals surface area contributed by atoms with Gasteiger partial charge in [0.15, 0.2) is 5.78 Å². The van der Waals surface area contributed by atoms with Gasteiger partial charge in [-0.3, -0.25) is 4.79 Å². The van der Waals surface area contributed by atoms with Crippen LogP contribution in [0.2, 0.25) is 0 Å². The fourth-order valence-corrected chi connectivity index (χ4v) is 7.03. The predicted molar refractivity (Wildman–Crippen MR) is 179 cm³/mol. The largest absolute Gasteiger partial charge is 0.486 e. The van der Waals surface area contributed by atoms with Crippen molar-refractivity contribution in [1.29, 1.82) is 0 Å². The number of likely N-dealkylation sites (tertiary alicyclic amines) is 1. The van der Waals surface area contributed by atoms with Gasteiger partial charge in [-0.25, -0.2) is 4.79 Å². The average molecular weight is 608 g/mol. The Labute approximate surface area is 264 Å². The van der Waals surface area contributed by atoms with Crippen LogP contribution < -0.4 is 4.74 Å². The number of carbonyl (C=O) groups excluding carboxylic acids is 2. The van der Waals surface area contributed by atoms with Gasteiger partial charge >= 0.3 is 6.09 Å². The number of piperidine rings is 1. The Kier molecular flexibility index (Phi) is 12.4. The number of fused-ring (bicyclic) bond motifs is 1. The zero-order valence-corrected chi connectivity index (χ0v) is 27.9. The molecule has 1 spiro atoms. The maximum absolute atomic E-state index is 13.3. The monoisotopic (exact) mass is 607 g/mol. The summed E-state index contributed by atoms with van der Waals surface area (Å²) in [5.74, 6) is 3.05.